The highest BCUT2D eigenvalue weighted by Gasteiger charge is 2.16. The third kappa shape index (κ3) is 4.24. The zero-order valence-electron chi connectivity index (χ0n) is 17.1. The summed E-state index contributed by atoms with van der Waals surface area (Å²) in [5, 5.41) is 3.86. The van der Waals surface area contributed by atoms with Gasteiger partial charge in [-0.1, -0.05) is 61.0 Å². The van der Waals surface area contributed by atoms with Gasteiger partial charge in [-0.25, -0.2) is 4.98 Å². The summed E-state index contributed by atoms with van der Waals surface area (Å²) in [6.07, 6.45) is 0.825. The summed E-state index contributed by atoms with van der Waals surface area (Å²) >= 11 is 6.13. The van der Waals surface area contributed by atoms with Gasteiger partial charge in [0.15, 0.2) is 0 Å². The number of nitrogens with zero attached hydrogens (tertiary/aromatic N) is 2. The third-order valence-corrected chi connectivity index (χ3v) is 5.58. The van der Waals surface area contributed by atoms with Gasteiger partial charge in [0.25, 0.3) is 5.91 Å². The molecular formula is C25H24ClN3O. The normalized spacial score (nSPS) is 12.1. The zero-order chi connectivity index (χ0) is 21.1. The lowest BCUT2D eigenvalue weighted by Gasteiger charge is -2.17. The number of hydrogen-bond acceptors (Lipinski definition) is 2. The van der Waals surface area contributed by atoms with Gasteiger partial charge in [-0.15, -0.1) is 0 Å². The fraction of sp³-hybridized carbons (Fsp3) is 0.200. The molecule has 4 rings (SSSR count). The van der Waals surface area contributed by atoms with Crippen molar-refractivity contribution in [3.63, 3.8) is 0 Å². The van der Waals surface area contributed by atoms with Gasteiger partial charge in [-0.2, -0.15) is 0 Å². The van der Waals surface area contributed by atoms with Crippen molar-refractivity contribution < 1.29 is 4.79 Å². The van der Waals surface area contributed by atoms with Crippen molar-refractivity contribution in [1.29, 1.82) is 0 Å². The standard InChI is InChI=1S/C25H24ClN3O/c1-3-22(19-9-5-4-6-10-19)28-25(30)20-12-13-24-23(15-20)27-17(2)29(24)16-18-8-7-11-21(26)14-18/h4-15,22H,3,16H2,1-2H3,(H,28,30)/t22-/m1/s1. The van der Waals surface area contributed by atoms with E-state index in [1.807, 2.05) is 79.7 Å². The first kappa shape index (κ1) is 20.2. The molecular weight excluding hydrogens is 394 g/mol. The number of amides is 1. The van der Waals surface area contributed by atoms with Crippen LogP contribution in [0, 0.1) is 6.92 Å². The van der Waals surface area contributed by atoms with Crippen LogP contribution >= 0.6 is 11.6 Å². The molecule has 4 aromatic rings. The average molecular weight is 418 g/mol. The number of aromatic nitrogens is 2. The van der Waals surface area contributed by atoms with Gasteiger partial charge < -0.3 is 9.88 Å². The fourth-order valence-electron chi connectivity index (χ4n) is 3.76. The molecule has 0 unspecified atom stereocenters. The summed E-state index contributed by atoms with van der Waals surface area (Å²) < 4.78 is 2.14. The molecule has 0 saturated heterocycles. The van der Waals surface area contributed by atoms with E-state index < -0.39 is 0 Å². The quantitative estimate of drug-likeness (QED) is 0.422. The number of hydrogen-bond donors (Lipinski definition) is 1. The van der Waals surface area contributed by atoms with Crippen LogP contribution in [0.1, 0.15) is 46.7 Å². The molecule has 0 aliphatic heterocycles. The maximum absolute atomic E-state index is 12.9. The molecule has 0 spiro atoms. The van der Waals surface area contributed by atoms with Gasteiger partial charge in [0.1, 0.15) is 5.82 Å². The third-order valence-electron chi connectivity index (χ3n) is 5.35. The van der Waals surface area contributed by atoms with Crippen LogP contribution in [0.15, 0.2) is 72.8 Å². The molecule has 0 bridgehead atoms. The van der Waals surface area contributed by atoms with E-state index >= 15 is 0 Å². The molecule has 1 amide bonds. The van der Waals surface area contributed by atoms with E-state index in [-0.39, 0.29) is 11.9 Å². The minimum atomic E-state index is -0.0883. The highest BCUT2D eigenvalue weighted by Crippen LogP contribution is 2.22. The Morgan fingerprint density at radius 3 is 2.60 bits per heavy atom. The van der Waals surface area contributed by atoms with Crippen molar-refractivity contribution in [2.24, 2.45) is 0 Å². The lowest BCUT2D eigenvalue weighted by molar-refractivity contribution is 0.0935. The second kappa shape index (κ2) is 8.72. The number of rotatable bonds is 6. The zero-order valence-corrected chi connectivity index (χ0v) is 17.9. The number of imidazole rings is 1. The Hall–Kier alpha value is -3.11. The highest BCUT2D eigenvalue weighted by atomic mass is 35.5. The van der Waals surface area contributed by atoms with Gasteiger partial charge in [0.2, 0.25) is 0 Å². The second-order valence-electron chi connectivity index (χ2n) is 7.42. The number of nitrogens with one attached hydrogen (secondary N) is 1. The number of halogens is 1. The van der Waals surface area contributed by atoms with E-state index in [2.05, 4.69) is 21.8 Å². The highest BCUT2D eigenvalue weighted by molar-refractivity contribution is 6.30. The Bertz CT molecular complexity index is 1180. The molecule has 0 radical (unpaired) electrons. The second-order valence-corrected chi connectivity index (χ2v) is 7.86. The van der Waals surface area contributed by atoms with Crippen LogP contribution in [0.4, 0.5) is 0 Å². The maximum Gasteiger partial charge on any atom is 0.251 e. The Morgan fingerprint density at radius 1 is 1.07 bits per heavy atom. The smallest absolute Gasteiger partial charge is 0.251 e. The molecule has 30 heavy (non-hydrogen) atoms. The van der Waals surface area contributed by atoms with Crippen molar-refractivity contribution >= 4 is 28.5 Å². The molecule has 1 heterocycles. The summed E-state index contributed by atoms with van der Waals surface area (Å²) in [7, 11) is 0. The van der Waals surface area contributed by atoms with Crippen LogP contribution in [0.5, 0.6) is 0 Å². The average Bonchev–Trinajstić information content (AvgIpc) is 3.06. The number of carbonyl (C=O) groups is 1. The van der Waals surface area contributed by atoms with Crippen molar-refractivity contribution in [3.8, 4) is 0 Å². The Kier molecular flexibility index (Phi) is 5.86. The molecule has 5 heteroatoms. The minimum absolute atomic E-state index is 0.0171. The number of aryl methyl sites for hydroxylation is 1. The summed E-state index contributed by atoms with van der Waals surface area (Å²) in [6.45, 7) is 4.73. The number of fused-ring (bicyclic) bond motifs is 1. The maximum atomic E-state index is 12.9. The van der Waals surface area contributed by atoms with E-state index in [0.29, 0.717) is 12.1 Å². The SMILES string of the molecule is CC[C@@H](NC(=O)c1ccc2c(c1)nc(C)n2Cc1cccc(Cl)c1)c1ccccc1. The Labute approximate surface area is 181 Å². The van der Waals surface area contributed by atoms with Crippen molar-refractivity contribution in [3.05, 3.63) is 100 Å². The van der Waals surface area contributed by atoms with Crippen LogP contribution in [-0.2, 0) is 6.54 Å². The van der Waals surface area contributed by atoms with Crippen molar-refractivity contribution in [2.45, 2.75) is 32.9 Å². The molecule has 1 atom stereocenters. The summed E-state index contributed by atoms with van der Waals surface area (Å²) in [5.41, 5.74) is 4.65. The van der Waals surface area contributed by atoms with Crippen LogP contribution in [0.2, 0.25) is 5.02 Å². The number of benzene rings is 3. The first-order valence-electron chi connectivity index (χ1n) is 10.1. The Morgan fingerprint density at radius 2 is 1.87 bits per heavy atom. The van der Waals surface area contributed by atoms with E-state index in [1.165, 1.54) is 0 Å². The van der Waals surface area contributed by atoms with E-state index in [4.69, 9.17) is 11.6 Å². The largest absolute Gasteiger partial charge is 0.345 e. The predicted molar refractivity (Wildman–Crippen MR) is 122 cm³/mol. The van der Waals surface area contributed by atoms with Crippen LogP contribution < -0.4 is 5.32 Å². The molecule has 0 aliphatic carbocycles. The van der Waals surface area contributed by atoms with Crippen LogP contribution in [0.3, 0.4) is 0 Å². The molecule has 3 aromatic carbocycles. The van der Waals surface area contributed by atoms with Gasteiger partial charge in [-0.3, -0.25) is 4.79 Å². The Balaban J connectivity index is 1.58. The van der Waals surface area contributed by atoms with E-state index in [1.54, 1.807) is 0 Å². The van der Waals surface area contributed by atoms with E-state index in [9.17, 15) is 4.79 Å². The molecule has 0 saturated carbocycles. The lowest BCUT2D eigenvalue weighted by Crippen LogP contribution is -2.28. The first-order chi connectivity index (χ1) is 14.5. The van der Waals surface area contributed by atoms with Gasteiger partial charge in [-0.05, 0) is 54.8 Å². The van der Waals surface area contributed by atoms with Gasteiger partial charge in [0, 0.05) is 17.1 Å². The number of carbonyl (C=O) groups excluding carboxylic acids is 1. The first-order valence-corrected chi connectivity index (χ1v) is 10.5. The molecule has 0 fully saturated rings. The van der Waals surface area contributed by atoms with Gasteiger partial charge in [0.05, 0.1) is 17.1 Å². The monoisotopic (exact) mass is 417 g/mol. The summed E-state index contributed by atoms with van der Waals surface area (Å²) in [5.74, 6) is 0.813. The summed E-state index contributed by atoms with van der Waals surface area (Å²) in [4.78, 5) is 17.6. The van der Waals surface area contributed by atoms with Crippen molar-refractivity contribution in [2.75, 3.05) is 0 Å². The fourth-order valence-corrected chi connectivity index (χ4v) is 3.97. The van der Waals surface area contributed by atoms with E-state index in [0.717, 1.165) is 39.4 Å². The van der Waals surface area contributed by atoms with Crippen molar-refractivity contribution in [1.82, 2.24) is 14.9 Å². The predicted octanol–water partition coefficient (Wildman–Crippen LogP) is 5.93. The molecule has 1 aromatic heterocycles. The van der Waals surface area contributed by atoms with Gasteiger partial charge >= 0.3 is 0 Å². The lowest BCUT2D eigenvalue weighted by atomic mass is 10.0. The molecule has 1 N–H and O–H groups in total. The minimum Gasteiger partial charge on any atom is -0.345 e. The van der Waals surface area contributed by atoms with Crippen LogP contribution in [0.25, 0.3) is 11.0 Å². The summed E-state index contributed by atoms with van der Waals surface area (Å²) in [6, 6.07) is 23.6. The molecule has 152 valence electrons. The topological polar surface area (TPSA) is 46.9 Å². The molecule has 0 aliphatic rings. The molecule has 4 nitrogen and oxygen atoms in total. The van der Waals surface area contributed by atoms with Crippen LogP contribution in [-0.4, -0.2) is 15.5 Å².